The summed E-state index contributed by atoms with van der Waals surface area (Å²) in [4.78, 5) is 25.1. The molecule has 120 valence electrons. The number of rotatable bonds is 4. The monoisotopic (exact) mass is 319 g/mol. The van der Waals surface area contributed by atoms with E-state index in [9.17, 15) is 23.5 Å². The minimum Gasteiger partial charge on any atom is -0.479 e. The highest BCUT2D eigenvalue weighted by Gasteiger charge is 2.44. The maximum absolute atomic E-state index is 13.1. The number of hydrogen-bond acceptors (Lipinski definition) is 2. The molecule has 4 nitrogen and oxygen atoms in total. The van der Waals surface area contributed by atoms with Crippen LogP contribution < -0.4 is 4.90 Å². The molecule has 0 unspecified atom stereocenters. The van der Waals surface area contributed by atoms with Crippen LogP contribution in [0.25, 0.3) is 0 Å². The van der Waals surface area contributed by atoms with Gasteiger partial charge in [0.1, 0.15) is 11.6 Å². The first kappa shape index (κ1) is 16.6. The molecular formula is C17H15F2NO3. The van der Waals surface area contributed by atoms with E-state index >= 15 is 0 Å². The molecule has 0 radical (unpaired) electrons. The summed E-state index contributed by atoms with van der Waals surface area (Å²) in [6.45, 7) is 2.56. The summed E-state index contributed by atoms with van der Waals surface area (Å²) in [5, 5.41) is 9.73. The van der Waals surface area contributed by atoms with E-state index in [2.05, 4.69) is 0 Å². The lowest BCUT2D eigenvalue weighted by Gasteiger charge is -2.37. The van der Waals surface area contributed by atoms with Crippen LogP contribution in [0.15, 0.2) is 48.5 Å². The molecule has 2 aromatic carbocycles. The van der Waals surface area contributed by atoms with E-state index in [0.29, 0.717) is 0 Å². The van der Waals surface area contributed by atoms with E-state index in [1.54, 1.807) is 0 Å². The first-order chi connectivity index (χ1) is 10.8. The van der Waals surface area contributed by atoms with Gasteiger partial charge < -0.3 is 5.11 Å². The lowest BCUT2D eigenvalue weighted by Crippen LogP contribution is -2.52. The molecule has 0 fully saturated rings. The fourth-order valence-corrected chi connectivity index (χ4v) is 2.47. The van der Waals surface area contributed by atoms with Gasteiger partial charge in [0.05, 0.1) is 0 Å². The molecule has 6 heteroatoms. The molecule has 2 rings (SSSR count). The average Bonchev–Trinajstić information content (AvgIpc) is 2.49. The Morgan fingerprint density at radius 3 is 1.78 bits per heavy atom. The van der Waals surface area contributed by atoms with Crippen LogP contribution in [0.5, 0.6) is 0 Å². The normalized spacial score (nSPS) is 13.2. The van der Waals surface area contributed by atoms with Crippen molar-refractivity contribution in [2.75, 3.05) is 4.90 Å². The third kappa shape index (κ3) is 3.06. The Hall–Kier alpha value is -2.76. The number of carboxylic acids is 1. The van der Waals surface area contributed by atoms with E-state index in [1.165, 1.54) is 38.1 Å². The van der Waals surface area contributed by atoms with Crippen LogP contribution in [0, 0.1) is 11.6 Å². The molecule has 1 amide bonds. The van der Waals surface area contributed by atoms with Crippen LogP contribution in [-0.2, 0) is 15.1 Å². The molecule has 0 aliphatic rings. The van der Waals surface area contributed by atoms with Crippen LogP contribution in [0.4, 0.5) is 14.5 Å². The number of carbonyl (C=O) groups is 2. The van der Waals surface area contributed by atoms with E-state index < -0.39 is 29.0 Å². The Bertz CT molecular complexity index is 729. The van der Waals surface area contributed by atoms with Crippen molar-refractivity contribution in [1.29, 1.82) is 0 Å². The van der Waals surface area contributed by atoms with Gasteiger partial charge in [-0.1, -0.05) is 12.1 Å². The summed E-state index contributed by atoms with van der Waals surface area (Å²) in [5.74, 6) is -2.84. The van der Waals surface area contributed by atoms with Crippen molar-refractivity contribution in [3.8, 4) is 0 Å². The fraction of sp³-hybridized carbons (Fsp3) is 0.176. The highest BCUT2D eigenvalue weighted by molar-refractivity contribution is 6.00. The quantitative estimate of drug-likeness (QED) is 0.940. The summed E-state index contributed by atoms with van der Waals surface area (Å²) in [6, 6.07) is 9.78. The third-order valence-electron chi connectivity index (χ3n) is 3.67. The van der Waals surface area contributed by atoms with E-state index in [0.717, 1.165) is 29.2 Å². The predicted octanol–water partition coefficient (Wildman–Crippen LogP) is 3.32. The second-order valence-electron chi connectivity index (χ2n) is 5.22. The Kier molecular flexibility index (Phi) is 4.45. The van der Waals surface area contributed by atoms with E-state index in [-0.39, 0.29) is 11.3 Å². The summed E-state index contributed by atoms with van der Waals surface area (Å²) in [6.07, 6.45) is 0. The number of benzene rings is 2. The second kappa shape index (κ2) is 6.16. The third-order valence-corrected chi connectivity index (χ3v) is 3.67. The van der Waals surface area contributed by atoms with Crippen LogP contribution in [0.2, 0.25) is 0 Å². The largest absolute Gasteiger partial charge is 0.479 e. The lowest BCUT2D eigenvalue weighted by molar-refractivity contribution is -0.144. The van der Waals surface area contributed by atoms with Gasteiger partial charge in [-0.3, -0.25) is 9.69 Å². The van der Waals surface area contributed by atoms with Crippen molar-refractivity contribution >= 4 is 17.6 Å². The van der Waals surface area contributed by atoms with Crippen molar-refractivity contribution in [2.24, 2.45) is 0 Å². The molecule has 2 aromatic rings. The molecule has 1 N–H and O–H groups in total. The van der Waals surface area contributed by atoms with Crippen LogP contribution in [0.3, 0.4) is 0 Å². The minimum atomic E-state index is -1.77. The summed E-state index contributed by atoms with van der Waals surface area (Å²) >= 11 is 0. The summed E-state index contributed by atoms with van der Waals surface area (Å²) in [5.41, 5.74) is -1.31. The molecule has 1 atom stereocenters. The van der Waals surface area contributed by atoms with Gasteiger partial charge in [0, 0.05) is 12.6 Å². The zero-order valence-electron chi connectivity index (χ0n) is 12.6. The first-order valence-electron chi connectivity index (χ1n) is 6.82. The van der Waals surface area contributed by atoms with Crippen LogP contribution in [-0.4, -0.2) is 17.0 Å². The molecule has 0 bridgehead atoms. The maximum atomic E-state index is 13.1. The molecule has 0 saturated heterocycles. The van der Waals surface area contributed by atoms with Gasteiger partial charge in [-0.25, -0.2) is 13.6 Å². The molecule has 0 aliphatic heterocycles. The Labute approximate surface area is 132 Å². The van der Waals surface area contributed by atoms with Crippen molar-refractivity contribution in [3.63, 3.8) is 0 Å². The highest BCUT2D eigenvalue weighted by atomic mass is 19.1. The van der Waals surface area contributed by atoms with Crippen molar-refractivity contribution < 1.29 is 23.5 Å². The average molecular weight is 319 g/mol. The number of nitrogens with zero attached hydrogens (tertiary/aromatic N) is 1. The van der Waals surface area contributed by atoms with Gasteiger partial charge in [-0.2, -0.15) is 0 Å². The van der Waals surface area contributed by atoms with Crippen LogP contribution in [0.1, 0.15) is 19.4 Å². The molecular weight excluding hydrogens is 304 g/mol. The minimum absolute atomic E-state index is 0.228. The number of carbonyl (C=O) groups excluding carboxylic acids is 1. The Morgan fingerprint density at radius 2 is 1.39 bits per heavy atom. The van der Waals surface area contributed by atoms with Crippen molar-refractivity contribution in [1.82, 2.24) is 0 Å². The molecule has 23 heavy (non-hydrogen) atoms. The smallest absolute Gasteiger partial charge is 0.334 e. The number of anilines is 1. The first-order valence-corrected chi connectivity index (χ1v) is 6.82. The van der Waals surface area contributed by atoms with Crippen LogP contribution >= 0.6 is 0 Å². The van der Waals surface area contributed by atoms with Gasteiger partial charge in [0.15, 0.2) is 5.54 Å². The van der Waals surface area contributed by atoms with Gasteiger partial charge in [0.25, 0.3) is 0 Å². The number of hydrogen-bond donors (Lipinski definition) is 1. The lowest BCUT2D eigenvalue weighted by atomic mass is 9.89. The fourth-order valence-electron chi connectivity index (χ4n) is 2.47. The standard InChI is InChI=1S/C17H15F2NO3/c1-11(21)20(15-9-7-14(19)8-10-15)17(2,16(22)23)12-3-5-13(18)6-4-12/h3-10H,1-2H3,(H,22,23)/t17-/m1/s1. The Balaban J connectivity index is 2.64. The van der Waals surface area contributed by atoms with Crippen molar-refractivity contribution in [2.45, 2.75) is 19.4 Å². The number of aliphatic carboxylic acids is 1. The number of halogens is 2. The van der Waals surface area contributed by atoms with Crippen molar-refractivity contribution in [3.05, 3.63) is 65.7 Å². The zero-order chi connectivity index (χ0) is 17.2. The molecule has 0 heterocycles. The zero-order valence-corrected chi connectivity index (χ0v) is 12.6. The number of carboxylic acid groups (broad SMARTS) is 1. The van der Waals surface area contributed by atoms with E-state index in [1.807, 2.05) is 0 Å². The van der Waals surface area contributed by atoms with E-state index in [4.69, 9.17) is 0 Å². The van der Waals surface area contributed by atoms with Gasteiger partial charge in [-0.15, -0.1) is 0 Å². The predicted molar refractivity (Wildman–Crippen MR) is 80.9 cm³/mol. The maximum Gasteiger partial charge on any atom is 0.334 e. The summed E-state index contributed by atoms with van der Waals surface area (Å²) < 4.78 is 26.2. The highest BCUT2D eigenvalue weighted by Crippen LogP contribution is 2.34. The van der Waals surface area contributed by atoms with Gasteiger partial charge >= 0.3 is 5.97 Å². The molecule has 0 aromatic heterocycles. The summed E-state index contributed by atoms with van der Waals surface area (Å²) in [7, 11) is 0. The SMILES string of the molecule is CC(=O)N(c1ccc(F)cc1)[C@@](C)(C(=O)O)c1ccc(F)cc1. The molecule has 0 aliphatic carbocycles. The molecule has 0 saturated carbocycles. The topological polar surface area (TPSA) is 57.6 Å². The number of amides is 1. The Morgan fingerprint density at radius 1 is 0.957 bits per heavy atom. The molecule has 0 spiro atoms. The second-order valence-corrected chi connectivity index (χ2v) is 5.22. The van der Waals surface area contributed by atoms with Gasteiger partial charge in [0.2, 0.25) is 5.91 Å². The van der Waals surface area contributed by atoms with Gasteiger partial charge in [-0.05, 0) is 48.9 Å².